The molecule has 0 aromatic heterocycles. The van der Waals surface area contributed by atoms with E-state index >= 15 is 0 Å². The van der Waals surface area contributed by atoms with Crippen LogP contribution in [0.3, 0.4) is 0 Å². The van der Waals surface area contributed by atoms with Gasteiger partial charge in [0, 0.05) is 12.5 Å². The maximum absolute atomic E-state index is 11.4. The first-order chi connectivity index (χ1) is 8.04. The number of hydrogen-bond donors (Lipinski definition) is 0. The zero-order chi connectivity index (χ0) is 12.9. The third kappa shape index (κ3) is 3.22. The minimum Gasteiger partial charge on any atom is -0.494 e. The van der Waals surface area contributed by atoms with Crippen molar-refractivity contribution in [1.82, 2.24) is 0 Å². The van der Waals surface area contributed by atoms with E-state index in [0.717, 1.165) is 5.76 Å². The first kappa shape index (κ1) is 13.6. The van der Waals surface area contributed by atoms with Crippen LogP contribution in [-0.4, -0.2) is 18.2 Å². The number of carbonyl (C=O) groups is 1. The van der Waals surface area contributed by atoms with Crippen LogP contribution in [0.5, 0.6) is 0 Å². The van der Waals surface area contributed by atoms with Crippen molar-refractivity contribution in [1.29, 1.82) is 0 Å². The molecule has 1 atom stereocenters. The van der Waals surface area contributed by atoms with Gasteiger partial charge in [-0.1, -0.05) is 20.4 Å². The molecule has 0 spiro atoms. The van der Waals surface area contributed by atoms with Crippen LogP contribution >= 0.6 is 0 Å². The van der Waals surface area contributed by atoms with Gasteiger partial charge in [0.15, 0.2) is 0 Å². The summed E-state index contributed by atoms with van der Waals surface area (Å²) in [7, 11) is 0. The minimum absolute atomic E-state index is 0.196. The lowest BCUT2D eigenvalue weighted by Gasteiger charge is -2.35. The summed E-state index contributed by atoms with van der Waals surface area (Å²) < 4.78 is 10.9. The first-order valence-corrected chi connectivity index (χ1v) is 5.91. The molecule has 1 aliphatic carbocycles. The maximum atomic E-state index is 11.4. The molecule has 0 aromatic rings. The van der Waals surface area contributed by atoms with Crippen molar-refractivity contribution >= 4 is 5.97 Å². The van der Waals surface area contributed by atoms with Gasteiger partial charge in [0.2, 0.25) is 0 Å². The fourth-order valence-corrected chi connectivity index (χ4v) is 1.74. The fourth-order valence-electron chi connectivity index (χ4n) is 1.74. The van der Waals surface area contributed by atoms with Gasteiger partial charge in [0.1, 0.15) is 11.4 Å². The number of rotatable bonds is 5. The molecule has 0 saturated heterocycles. The lowest BCUT2D eigenvalue weighted by Crippen LogP contribution is -2.38. The summed E-state index contributed by atoms with van der Waals surface area (Å²) in [6.07, 6.45) is 7.56. The first-order valence-electron chi connectivity index (χ1n) is 5.91. The summed E-state index contributed by atoms with van der Waals surface area (Å²) in [6.45, 7) is 10.1. The van der Waals surface area contributed by atoms with Crippen molar-refractivity contribution in [3.63, 3.8) is 0 Å². The van der Waals surface area contributed by atoms with E-state index in [0.29, 0.717) is 13.0 Å². The predicted octanol–water partition coefficient (Wildman–Crippen LogP) is 2.99. The molecule has 1 rings (SSSR count). The molecule has 1 aliphatic rings. The summed E-state index contributed by atoms with van der Waals surface area (Å²) in [5.41, 5.74) is -0.578. The summed E-state index contributed by atoms with van der Waals surface area (Å²) in [5, 5.41) is 0. The van der Waals surface area contributed by atoms with E-state index in [1.807, 2.05) is 39.0 Å². The van der Waals surface area contributed by atoms with E-state index in [1.54, 1.807) is 0 Å². The van der Waals surface area contributed by atoms with Gasteiger partial charge >= 0.3 is 5.97 Å². The smallest absolute Gasteiger partial charge is 0.331 e. The Morgan fingerprint density at radius 2 is 2.35 bits per heavy atom. The molecular formula is C14H20O3. The van der Waals surface area contributed by atoms with E-state index in [2.05, 4.69) is 6.58 Å². The highest BCUT2D eigenvalue weighted by atomic mass is 16.6. The van der Waals surface area contributed by atoms with Gasteiger partial charge in [-0.2, -0.15) is 0 Å². The average Bonchev–Trinajstić information content (AvgIpc) is 2.31. The zero-order valence-corrected chi connectivity index (χ0v) is 10.7. The van der Waals surface area contributed by atoms with Gasteiger partial charge in [0.25, 0.3) is 0 Å². The molecular weight excluding hydrogens is 216 g/mol. The zero-order valence-electron chi connectivity index (χ0n) is 10.7. The SMILES string of the molecule is C=CC(=O)OC1(C(C)C)C=CC(OCC)=CC1. The van der Waals surface area contributed by atoms with E-state index < -0.39 is 11.6 Å². The van der Waals surface area contributed by atoms with Crippen molar-refractivity contribution in [2.24, 2.45) is 5.92 Å². The molecule has 1 unspecified atom stereocenters. The topological polar surface area (TPSA) is 35.5 Å². The number of esters is 1. The number of allylic oxidation sites excluding steroid dienone is 1. The van der Waals surface area contributed by atoms with E-state index in [9.17, 15) is 4.79 Å². The van der Waals surface area contributed by atoms with Crippen molar-refractivity contribution in [2.45, 2.75) is 32.8 Å². The third-order valence-corrected chi connectivity index (χ3v) is 2.90. The lowest BCUT2D eigenvalue weighted by atomic mass is 9.84. The molecule has 0 N–H and O–H groups in total. The second-order valence-corrected chi connectivity index (χ2v) is 4.31. The van der Waals surface area contributed by atoms with Gasteiger partial charge in [-0.25, -0.2) is 4.79 Å². The molecule has 3 nitrogen and oxygen atoms in total. The van der Waals surface area contributed by atoms with Crippen LogP contribution in [0.15, 0.2) is 36.6 Å². The summed E-state index contributed by atoms with van der Waals surface area (Å²) in [4.78, 5) is 11.4. The maximum Gasteiger partial charge on any atom is 0.331 e. The van der Waals surface area contributed by atoms with Gasteiger partial charge in [-0.15, -0.1) is 0 Å². The summed E-state index contributed by atoms with van der Waals surface area (Å²) >= 11 is 0. The number of carbonyl (C=O) groups excluding carboxylic acids is 1. The van der Waals surface area contributed by atoms with Gasteiger partial charge in [0.05, 0.1) is 6.61 Å². The molecule has 0 saturated carbocycles. The van der Waals surface area contributed by atoms with Crippen LogP contribution in [0.1, 0.15) is 27.2 Å². The highest BCUT2D eigenvalue weighted by Crippen LogP contribution is 2.32. The Hall–Kier alpha value is -1.51. The van der Waals surface area contributed by atoms with Crippen LogP contribution in [-0.2, 0) is 14.3 Å². The Bertz CT molecular complexity index is 352. The quantitative estimate of drug-likeness (QED) is 0.544. The summed E-state index contributed by atoms with van der Waals surface area (Å²) in [6, 6.07) is 0. The van der Waals surface area contributed by atoms with Crippen molar-refractivity contribution in [3.05, 3.63) is 36.6 Å². The molecule has 94 valence electrons. The van der Waals surface area contributed by atoms with Gasteiger partial charge in [-0.3, -0.25) is 0 Å². The van der Waals surface area contributed by atoms with Crippen molar-refractivity contribution < 1.29 is 14.3 Å². The van der Waals surface area contributed by atoms with Crippen LogP contribution in [0.4, 0.5) is 0 Å². The van der Waals surface area contributed by atoms with E-state index in [4.69, 9.17) is 9.47 Å². The predicted molar refractivity (Wildman–Crippen MR) is 67.3 cm³/mol. The van der Waals surface area contributed by atoms with Gasteiger partial charge < -0.3 is 9.47 Å². The normalized spacial score (nSPS) is 23.2. The largest absolute Gasteiger partial charge is 0.494 e. The van der Waals surface area contributed by atoms with Crippen molar-refractivity contribution in [3.8, 4) is 0 Å². The molecule has 0 fully saturated rings. The molecule has 0 aliphatic heterocycles. The van der Waals surface area contributed by atoms with Crippen LogP contribution in [0, 0.1) is 5.92 Å². The lowest BCUT2D eigenvalue weighted by molar-refractivity contribution is -0.152. The Morgan fingerprint density at radius 3 is 2.76 bits per heavy atom. The van der Waals surface area contributed by atoms with Crippen molar-refractivity contribution in [2.75, 3.05) is 6.61 Å². The second-order valence-electron chi connectivity index (χ2n) is 4.31. The number of hydrogen-bond acceptors (Lipinski definition) is 3. The Labute approximate surface area is 103 Å². The molecule has 0 heterocycles. The highest BCUT2D eigenvalue weighted by Gasteiger charge is 2.35. The Kier molecular flexibility index (Phi) is 4.55. The fraction of sp³-hybridized carbons (Fsp3) is 0.500. The Morgan fingerprint density at radius 1 is 1.65 bits per heavy atom. The molecule has 0 amide bonds. The average molecular weight is 236 g/mol. The third-order valence-electron chi connectivity index (χ3n) is 2.90. The molecule has 3 heteroatoms. The Balaban J connectivity index is 2.81. The highest BCUT2D eigenvalue weighted by molar-refractivity contribution is 5.81. The number of ether oxygens (including phenoxy) is 2. The van der Waals surface area contributed by atoms with Crippen LogP contribution < -0.4 is 0 Å². The van der Waals surface area contributed by atoms with Crippen LogP contribution in [0.25, 0.3) is 0 Å². The molecule has 0 bridgehead atoms. The standard InChI is InChI=1S/C14H20O3/c1-5-13(15)17-14(11(3)4)9-7-12(8-10-14)16-6-2/h5,7-9,11H,1,6,10H2,2-4H3. The second kappa shape index (κ2) is 5.71. The van der Waals surface area contributed by atoms with Gasteiger partial charge in [-0.05, 0) is 31.1 Å². The minimum atomic E-state index is -0.578. The summed E-state index contributed by atoms with van der Waals surface area (Å²) in [5.74, 6) is 0.636. The molecule has 0 aromatic carbocycles. The van der Waals surface area contributed by atoms with Crippen LogP contribution in [0.2, 0.25) is 0 Å². The monoisotopic (exact) mass is 236 g/mol. The van der Waals surface area contributed by atoms with E-state index in [-0.39, 0.29) is 5.92 Å². The molecule has 17 heavy (non-hydrogen) atoms. The molecule has 0 radical (unpaired) electrons. The van der Waals surface area contributed by atoms with E-state index in [1.165, 1.54) is 6.08 Å².